The molecule has 78 heavy (non-hydrogen) atoms. The van der Waals surface area contributed by atoms with Crippen molar-refractivity contribution in [2.45, 2.75) is 6.18 Å². The fourth-order valence-corrected chi connectivity index (χ4v) is 10.5. The van der Waals surface area contributed by atoms with E-state index in [9.17, 15) is 29.0 Å². The van der Waals surface area contributed by atoms with Gasteiger partial charge in [-0.15, -0.1) is 0 Å². The summed E-state index contributed by atoms with van der Waals surface area (Å²) in [5, 5.41) is 33.8. The lowest BCUT2D eigenvalue weighted by Gasteiger charge is -2.22. The van der Waals surface area contributed by atoms with E-state index >= 15 is 0 Å². The summed E-state index contributed by atoms with van der Waals surface area (Å²) in [6.45, 7) is 23.7. The first-order valence-electron chi connectivity index (χ1n) is 24.3. The van der Waals surface area contributed by atoms with Crippen LogP contribution in [0.2, 0.25) is 0 Å². The molecule has 8 nitrogen and oxygen atoms in total. The van der Waals surface area contributed by atoms with Gasteiger partial charge in [-0.3, -0.25) is 0 Å². The molecule has 2 aromatic heterocycles. The third-order valence-corrected chi connectivity index (χ3v) is 14.3. The molecule has 12 aromatic rings. The van der Waals surface area contributed by atoms with Crippen molar-refractivity contribution in [3.63, 3.8) is 0 Å². The van der Waals surface area contributed by atoms with Crippen LogP contribution < -0.4 is 0 Å². The van der Waals surface area contributed by atoms with Crippen LogP contribution in [0.15, 0.2) is 200 Å². The molecule has 0 amide bonds. The number of halogens is 3. The Labute approximate surface area is 444 Å². The molecular formula is C67H33F3N8. The van der Waals surface area contributed by atoms with Crippen molar-refractivity contribution in [2.24, 2.45) is 0 Å². The summed E-state index contributed by atoms with van der Waals surface area (Å²) >= 11 is 0. The third-order valence-electron chi connectivity index (χ3n) is 14.3. The summed E-state index contributed by atoms with van der Waals surface area (Å²) in [6, 6.07) is 66.4. The van der Waals surface area contributed by atoms with Gasteiger partial charge in [0.1, 0.15) is 0 Å². The highest BCUT2D eigenvalue weighted by Crippen LogP contribution is 2.48. The predicted octanol–water partition coefficient (Wildman–Crippen LogP) is 18.5. The average molecular weight is 1010 g/mol. The number of nitrogens with zero attached hydrogens (tertiary/aromatic N) is 8. The van der Waals surface area contributed by atoms with Crippen LogP contribution in [-0.4, -0.2) is 9.13 Å². The Hall–Kier alpha value is -11.5. The van der Waals surface area contributed by atoms with E-state index in [0.717, 1.165) is 78.2 Å². The van der Waals surface area contributed by atoms with Crippen molar-refractivity contribution in [1.29, 1.82) is 15.8 Å². The first-order valence-corrected chi connectivity index (χ1v) is 24.3. The van der Waals surface area contributed by atoms with Crippen LogP contribution in [0, 0.1) is 53.7 Å². The Morgan fingerprint density at radius 1 is 0.359 bits per heavy atom. The highest BCUT2D eigenvalue weighted by molar-refractivity contribution is 6.14. The minimum atomic E-state index is -4.77. The van der Waals surface area contributed by atoms with E-state index in [4.69, 9.17) is 19.7 Å². The van der Waals surface area contributed by atoms with E-state index < -0.39 is 11.7 Å². The highest BCUT2D eigenvalue weighted by Gasteiger charge is 2.32. The van der Waals surface area contributed by atoms with Crippen molar-refractivity contribution in [3.05, 3.63) is 257 Å². The SMILES string of the molecule is [C-]#[N+]c1ccc(-c2ccc3c4ccc(-c5ccc(C#N)cc5)cc4n(-c4cc(C#N)cc(-n5c6cc(-c7ccc(C#N)cc7)ccc6c6ccc(-c7ccc([N+]#[C-])cc7)cc65)c4-c4ccc(C(F)(F)F)cc4[N+]#[C-])c3c2)cc1. The fraction of sp³-hybridized carbons (Fsp3) is 0.0149. The number of alkyl halides is 3. The van der Waals surface area contributed by atoms with Gasteiger partial charge in [0.15, 0.2) is 17.1 Å². The molecule has 0 bridgehead atoms. The number of rotatable bonds is 7. The molecule has 0 N–H and O–H groups in total. The van der Waals surface area contributed by atoms with Crippen molar-refractivity contribution in [3.8, 4) is 85.2 Å². The Bertz CT molecular complexity index is 4260. The summed E-state index contributed by atoms with van der Waals surface area (Å²) in [7, 11) is 0. The molecule has 2 heterocycles. The first kappa shape index (κ1) is 47.5. The lowest BCUT2D eigenvalue weighted by molar-refractivity contribution is -0.137. The average Bonchev–Trinajstić information content (AvgIpc) is 4.11. The number of hydrogen-bond acceptors (Lipinski definition) is 3. The number of hydrogen-bond donors (Lipinski definition) is 0. The van der Waals surface area contributed by atoms with Crippen molar-refractivity contribution in [1.82, 2.24) is 9.13 Å². The lowest BCUT2D eigenvalue weighted by atomic mass is 9.95. The van der Waals surface area contributed by atoms with Gasteiger partial charge in [0, 0.05) is 32.7 Å². The smallest absolute Gasteiger partial charge is 0.309 e. The second-order valence-electron chi connectivity index (χ2n) is 18.6. The molecule has 0 atom stereocenters. The maximum Gasteiger partial charge on any atom is 0.415 e. The summed E-state index contributed by atoms with van der Waals surface area (Å²) < 4.78 is 48.2. The lowest BCUT2D eigenvalue weighted by Crippen LogP contribution is -2.07. The van der Waals surface area contributed by atoms with E-state index in [2.05, 4.69) is 32.7 Å². The second-order valence-corrected chi connectivity index (χ2v) is 18.6. The molecule has 0 aliphatic heterocycles. The molecule has 0 spiro atoms. The molecule has 11 heteroatoms. The van der Waals surface area contributed by atoms with Crippen LogP contribution in [0.25, 0.3) is 125 Å². The number of nitriles is 3. The third kappa shape index (κ3) is 8.08. The molecular weight excluding hydrogens is 974 g/mol. The Morgan fingerprint density at radius 2 is 0.692 bits per heavy atom. The van der Waals surface area contributed by atoms with Gasteiger partial charge in [0.05, 0.1) is 88.1 Å². The minimum Gasteiger partial charge on any atom is -0.309 e. The molecule has 0 fully saturated rings. The maximum absolute atomic E-state index is 14.7. The zero-order valence-electron chi connectivity index (χ0n) is 40.8. The topological polar surface area (TPSA) is 94.3 Å². The van der Waals surface area contributed by atoms with Gasteiger partial charge >= 0.3 is 6.18 Å². The number of aromatic nitrogens is 2. The normalized spacial score (nSPS) is 11.2. The number of fused-ring (bicyclic) bond motifs is 6. The number of benzene rings is 10. The van der Waals surface area contributed by atoms with Gasteiger partial charge in [-0.25, -0.2) is 14.5 Å². The molecule has 0 radical (unpaired) electrons. The fourth-order valence-electron chi connectivity index (χ4n) is 10.5. The molecule has 0 saturated heterocycles. The van der Waals surface area contributed by atoms with E-state index in [1.165, 1.54) is 6.07 Å². The van der Waals surface area contributed by atoms with Crippen LogP contribution in [0.1, 0.15) is 22.3 Å². The molecule has 0 aliphatic rings. The largest absolute Gasteiger partial charge is 0.415 e. The Morgan fingerprint density at radius 3 is 1.00 bits per heavy atom. The minimum absolute atomic E-state index is 0.181. The highest BCUT2D eigenvalue weighted by atomic mass is 19.4. The van der Waals surface area contributed by atoms with Gasteiger partial charge in [0.2, 0.25) is 0 Å². The predicted molar refractivity (Wildman–Crippen MR) is 300 cm³/mol. The molecule has 362 valence electrons. The molecule has 0 saturated carbocycles. The van der Waals surface area contributed by atoms with E-state index in [1.807, 2.05) is 130 Å². The van der Waals surface area contributed by atoms with Gasteiger partial charge in [0.25, 0.3) is 0 Å². The van der Waals surface area contributed by atoms with Gasteiger partial charge in [-0.05, 0) is 117 Å². The Balaban J connectivity index is 1.26. The zero-order valence-corrected chi connectivity index (χ0v) is 40.8. The van der Waals surface area contributed by atoms with E-state index in [-0.39, 0.29) is 16.8 Å². The van der Waals surface area contributed by atoms with Crippen LogP contribution in [-0.2, 0) is 6.18 Å². The standard InChI is InChI=1S/C67H33F3N8/c1-74-52-21-12-45(13-22-52)49-18-27-56-54-25-16-47(43-8-4-40(37-71)5-9-43)32-60(54)77(62(56)34-49)64-30-42(39-73)31-65(66(64)58-29-20-51(67(68,69)70)36-59(58)76-3)78-61-33-48(44-10-6-41(38-72)7-11-44)17-26-55(61)57-28-19-50(35-63(57)78)46-14-23-53(75-2)24-15-46/h4-36H. The summed E-state index contributed by atoms with van der Waals surface area (Å²) in [5.41, 5.74) is 11.4. The first-order chi connectivity index (χ1) is 38.0. The summed E-state index contributed by atoms with van der Waals surface area (Å²) in [5.74, 6) is 0. The van der Waals surface area contributed by atoms with Gasteiger partial charge < -0.3 is 9.13 Å². The van der Waals surface area contributed by atoms with Gasteiger partial charge in [-0.2, -0.15) is 29.0 Å². The summed E-state index contributed by atoms with van der Waals surface area (Å²) in [4.78, 5) is 11.0. The van der Waals surface area contributed by atoms with Crippen molar-refractivity contribution < 1.29 is 13.2 Å². The van der Waals surface area contributed by atoms with Crippen LogP contribution in [0.4, 0.5) is 30.2 Å². The molecule has 0 aliphatic carbocycles. The molecule has 10 aromatic carbocycles. The van der Waals surface area contributed by atoms with Crippen LogP contribution in [0.5, 0.6) is 0 Å². The van der Waals surface area contributed by atoms with E-state index in [0.29, 0.717) is 61.5 Å². The quantitative estimate of drug-likeness (QED) is 0.149. The van der Waals surface area contributed by atoms with Crippen LogP contribution in [0.3, 0.4) is 0 Å². The van der Waals surface area contributed by atoms with Crippen LogP contribution >= 0.6 is 0 Å². The summed E-state index contributed by atoms with van der Waals surface area (Å²) in [6.07, 6.45) is -4.77. The van der Waals surface area contributed by atoms with Crippen molar-refractivity contribution in [2.75, 3.05) is 0 Å². The maximum atomic E-state index is 14.7. The molecule has 0 unspecified atom stereocenters. The van der Waals surface area contributed by atoms with E-state index in [1.54, 1.807) is 60.7 Å². The molecule has 12 rings (SSSR count). The second kappa shape index (κ2) is 18.8. The Kier molecular flexibility index (Phi) is 11.4. The monoisotopic (exact) mass is 1010 g/mol. The zero-order chi connectivity index (χ0) is 53.8. The van der Waals surface area contributed by atoms with Crippen molar-refractivity contribution >= 4 is 60.7 Å². The van der Waals surface area contributed by atoms with Gasteiger partial charge in [-0.1, -0.05) is 133 Å².